The average Bonchev–Trinajstić information content (AvgIpc) is 2.75. The smallest absolute Gasteiger partial charge is 0.257 e. The molecule has 0 bridgehead atoms. The maximum absolute atomic E-state index is 13.1. The summed E-state index contributed by atoms with van der Waals surface area (Å²) in [5.41, 5.74) is 2.46. The number of halogens is 1. The molecule has 2 aromatic carbocycles. The van der Waals surface area contributed by atoms with Crippen LogP contribution in [0.25, 0.3) is 0 Å². The fourth-order valence-electron chi connectivity index (χ4n) is 3.65. The summed E-state index contributed by atoms with van der Waals surface area (Å²) in [5.74, 6) is 0.406. The van der Waals surface area contributed by atoms with E-state index in [1.165, 1.54) is 0 Å². The third kappa shape index (κ3) is 6.21. The zero-order valence-electron chi connectivity index (χ0n) is 18.4. The topological polar surface area (TPSA) is 61.9 Å². The van der Waals surface area contributed by atoms with Crippen molar-refractivity contribution in [1.29, 1.82) is 0 Å². The minimum atomic E-state index is -0.0980. The highest BCUT2D eigenvalue weighted by atomic mass is 35.5. The van der Waals surface area contributed by atoms with Crippen LogP contribution in [0.1, 0.15) is 36.7 Å². The Kier molecular flexibility index (Phi) is 7.93. The van der Waals surface area contributed by atoms with Crippen LogP contribution in [0.5, 0.6) is 5.75 Å². The SMILES string of the molecule is CCc1ccccc1NC(=O)CN1CCN(C(=O)c2cc(Cl)ccc2OC(C)C)CC1. The van der Waals surface area contributed by atoms with E-state index in [4.69, 9.17) is 16.3 Å². The number of carbonyl (C=O) groups is 2. The maximum atomic E-state index is 13.1. The quantitative estimate of drug-likeness (QED) is 0.700. The fourth-order valence-corrected chi connectivity index (χ4v) is 3.82. The molecule has 0 unspecified atom stereocenters. The predicted octanol–water partition coefficient (Wildman–Crippen LogP) is 4.09. The van der Waals surface area contributed by atoms with Gasteiger partial charge in [0.2, 0.25) is 5.91 Å². The van der Waals surface area contributed by atoms with E-state index in [0.29, 0.717) is 49.1 Å². The van der Waals surface area contributed by atoms with Crippen molar-refractivity contribution in [2.45, 2.75) is 33.3 Å². The number of aryl methyl sites for hydroxylation is 1. The molecule has 6 nitrogen and oxygen atoms in total. The minimum absolute atomic E-state index is 0.0388. The van der Waals surface area contributed by atoms with Crippen molar-refractivity contribution < 1.29 is 14.3 Å². The molecule has 0 spiro atoms. The largest absolute Gasteiger partial charge is 0.490 e. The zero-order chi connectivity index (χ0) is 22.4. The highest BCUT2D eigenvalue weighted by Crippen LogP contribution is 2.26. The van der Waals surface area contributed by atoms with Crippen LogP contribution in [0, 0.1) is 0 Å². The first-order valence-electron chi connectivity index (χ1n) is 10.7. The van der Waals surface area contributed by atoms with Gasteiger partial charge >= 0.3 is 0 Å². The molecule has 0 radical (unpaired) electrons. The molecule has 1 heterocycles. The molecular formula is C24H30ClN3O3. The molecule has 0 aliphatic carbocycles. The van der Waals surface area contributed by atoms with Gasteiger partial charge in [-0.25, -0.2) is 0 Å². The normalized spacial score (nSPS) is 14.5. The molecule has 1 N–H and O–H groups in total. The van der Waals surface area contributed by atoms with E-state index in [9.17, 15) is 9.59 Å². The lowest BCUT2D eigenvalue weighted by Crippen LogP contribution is -2.50. The molecule has 1 fully saturated rings. The maximum Gasteiger partial charge on any atom is 0.257 e. The van der Waals surface area contributed by atoms with Crippen molar-refractivity contribution in [2.75, 3.05) is 38.0 Å². The Bertz CT molecular complexity index is 924. The van der Waals surface area contributed by atoms with Crippen LogP contribution in [0.15, 0.2) is 42.5 Å². The number of rotatable bonds is 7. The van der Waals surface area contributed by atoms with Gasteiger partial charge in [-0.1, -0.05) is 36.7 Å². The van der Waals surface area contributed by atoms with Crippen LogP contribution in [0.3, 0.4) is 0 Å². The van der Waals surface area contributed by atoms with Crippen LogP contribution in [0.2, 0.25) is 5.02 Å². The van der Waals surface area contributed by atoms with Crippen molar-refractivity contribution >= 4 is 29.1 Å². The summed E-state index contributed by atoms with van der Waals surface area (Å²) in [6, 6.07) is 13.0. The van der Waals surface area contributed by atoms with Crippen molar-refractivity contribution in [3.8, 4) is 5.75 Å². The third-order valence-corrected chi connectivity index (χ3v) is 5.47. The standard InChI is InChI=1S/C24H30ClN3O3/c1-4-18-7-5-6-8-21(18)26-23(29)16-27-11-13-28(14-12-27)24(30)20-15-19(25)9-10-22(20)31-17(2)3/h5-10,15,17H,4,11-14,16H2,1-3H3,(H,26,29). The van der Waals surface area contributed by atoms with Crippen LogP contribution >= 0.6 is 11.6 Å². The predicted molar refractivity (Wildman–Crippen MR) is 124 cm³/mol. The van der Waals surface area contributed by atoms with Gasteiger partial charge in [0, 0.05) is 36.9 Å². The van der Waals surface area contributed by atoms with Gasteiger partial charge in [-0.3, -0.25) is 14.5 Å². The van der Waals surface area contributed by atoms with Gasteiger partial charge < -0.3 is 15.0 Å². The fraction of sp³-hybridized carbons (Fsp3) is 0.417. The second-order valence-electron chi connectivity index (χ2n) is 7.93. The second-order valence-corrected chi connectivity index (χ2v) is 8.37. The van der Waals surface area contributed by atoms with E-state index in [1.54, 1.807) is 23.1 Å². The number of ether oxygens (including phenoxy) is 1. The van der Waals surface area contributed by atoms with E-state index < -0.39 is 0 Å². The molecule has 0 saturated carbocycles. The van der Waals surface area contributed by atoms with Gasteiger partial charge in [0.1, 0.15) is 5.75 Å². The Hall–Kier alpha value is -2.57. The Morgan fingerprint density at radius 3 is 2.48 bits per heavy atom. The Morgan fingerprint density at radius 2 is 1.81 bits per heavy atom. The van der Waals surface area contributed by atoms with E-state index in [0.717, 1.165) is 17.7 Å². The summed E-state index contributed by atoms with van der Waals surface area (Å²) >= 11 is 6.13. The number of carbonyl (C=O) groups excluding carboxylic acids is 2. The summed E-state index contributed by atoms with van der Waals surface area (Å²) in [6.07, 6.45) is 0.824. The molecule has 1 saturated heterocycles. The number of hydrogen-bond donors (Lipinski definition) is 1. The summed E-state index contributed by atoms with van der Waals surface area (Å²) < 4.78 is 5.79. The summed E-state index contributed by atoms with van der Waals surface area (Å²) in [5, 5.41) is 3.51. The van der Waals surface area contributed by atoms with Crippen LogP contribution < -0.4 is 10.1 Å². The van der Waals surface area contributed by atoms with Gasteiger partial charge in [-0.15, -0.1) is 0 Å². The van der Waals surface area contributed by atoms with Crippen LogP contribution in [-0.2, 0) is 11.2 Å². The number of piperazine rings is 1. The monoisotopic (exact) mass is 443 g/mol. The van der Waals surface area contributed by atoms with Crippen molar-refractivity contribution in [3.05, 3.63) is 58.6 Å². The first kappa shape index (κ1) is 23.1. The first-order chi connectivity index (χ1) is 14.9. The van der Waals surface area contributed by atoms with E-state index >= 15 is 0 Å². The third-order valence-electron chi connectivity index (χ3n) is 5.23. The van der Waals surface area contributed by atoms with Crippen LogP contribution in [0.4, 0.5) is 5.69 Å². The number of para-hydroxylation sites is 1. The van der Waals surface area contributed by atoms with Crippen molar-refractivity contribution in [3.63, 3.8) is 0 Å². The van der Waals surface area contributed by atoms with Gasteiger partial charge in [0.25, 0.3) is 5.91 Å². The number of benzene rings is 2. The molecule has 31 heavy (non-hydrogen) atoms. The van der Waals surface area contributed by atoms with E-state index in [2.05, 4.69) is 17.1 Å². The molecule has 3 rings (SSSR count). The highest BCUT2D eigenvalue weighted by molar-refractivity contribution is 6.31. The number of anilines is 1. The minimum Gasteiger partial charge on any atom is -0.490 e. The second kappa shape index (κ2) is 10.6. The van der Waals surface area contributed by atoms with Gasteiger partial charge in [-0.2, -0.15) is 0 Å². The molecule has 2 amide bonds. The molecule has 1 aliphatic heterocycles. The van der Waals surface area contributed by atoms with Gasteiger partial charge in [0.05, 0.1) is 18.2 Å². The number of hydrogen-bond acceptors (Lipinski definition) is 4. The molecule has 0 aromatic heterocycles. The lowest BCUT2D eigenvalue weighted by Gasteiger charge is -2.34. The molecular weight excluding hydrogens is 414 g/mol. The highest BCUT2D eigenvalue weighted by Gasteiger charge is 2.26. The van der Waals surface area contributed by atoms with E-state index in [1.807, 2.05) is 38.1 Å². The molecule has 2 aromatic rings. The molecule has 166 valence electrons. The van der Waals surface area contributed by atoms with Gasteiger partial charge in [-0.05, 0) is 50.1 Å². The number of amides is 2. The number of nitrogens with zero attached hydrogens (tertiary/aromatic N) is 2. The summed E-state index contributed by atoms with van der Waals surface area (Å²) in [7, 11) is 0. The zero-order valence-corrected chi connectivity index (χ0v) is 19.1. The van der Waals surface area contributed by atoms with E-state index in [-0.39, 0.29) is 17.9 Å². The van der Waals surface area contributed by atoms with Gasteiger partial charge in [0.15, 0.2) is 0 Å². The number of nitrogens with one attached hydrogen (secondary N) is 1. The van der Waals surface area contributed by atoms with Crippen molar-refractivity contribution in [2.24, 2.45) is 0 Å². The lowest BCUT2D eigenvalue weighted by molar-refractivity contribution is -0.117. The molecule has 7 heteroatoms. The van der Waals surface area contributed by atoms with Crippen molar-refractivity contribution in [1.82, 2.24) is 9.80 Å². The van der Waals surface area contributed by atoms with Crippen LogP contribution in [-0.4, -0.2) is 60.4 Å². The lowest BCUT2D eigenvalue weighted by atomic mass is 10.1. The average molecular weight is 444 g/mol. The Morgan fingerprint density at radius 1 is 1.10 bits per heavy atom. The first-order valence-corrected chi connectivity index (χ1v) is 11.1. The summed E-state index contributed by atoms with van der Waals surface area (Å²) in [6.45, 7) is 8.58. The molecule has 1 aliphatic rings. The molecule has 0 atom stereocenters. The Balaban J connectivity index is 1.56. The summed E-state index contributed by atoms with van der Waals surface area (Å²) in [4.78, 5) is 29.4. The Labute approximate surface area is 189 Å².